The Bertz CT molecular complexity index is 824. The van der Waals surface area contributed by atoms with Gasteiger partial charge in [0.25, 0.3) is 0 Å². The van der Waals surface area contributed by atoms with Crippen molar-refractivity contribution < 1.29 is 13.6 Å². The Hall–Kier alpha value is -2.56. The largest absolute Gasteiger partial charge is 0.288 e. The molecule has 0 saturated carbocycles. The first kappa shape index (κ1) is 12.5. The van der Waals surface area contributed by atoms with E-state index in [-0.39, 0.29) is 5.56 Å². The van der Waals surface area contributed by atoms with Crippen LogP contribution in [0, 0.1) is 11.6 Å². The van der Waals surface area contributed by atoms with Gasteiger partial charge in [-0.1, -0.05) is 0 Å². The van der Waals surface area contributed by atoms with Crippen LogP contribution in [0.1, 0.15) is 15.9 Å². The van der Waals surface area contributed by atoms with Crippen LogP contribution >= 0.6 is 0 Å². The molecule has 0 fully saturated rings. The predicted octanol–water partition coefficient (Wildman–Crippen LogP) is 3.08. The van der Waals surface area contributed by atoms with E-state index in [0.717, 1.165) is 23.0 Å². The summed E-state index contributed by atoms with van der Waals surface area (Å²) in [5.41, 5.74) is 1.08. The van der Waals surface area contributed by atoms with Gasteiger partial charge in [0.1, 0.15) is 11.6 Å². The summed E-state index contributed by atoms with van der Waals surface area (Å²) >= 11 is 0. The van der Waals surface area contributed by atoms with Gasteiger partial charge >= 0.3 is 0 Å². The maximum Gasteiger partial charge on any atom is 0.195 e. The van der Waals surface area contributed by atoms with Gasteiger partial charge in [0, 0.05) is 24.1 Å². The fourth-order valence-corrected chi connectivity index (χ4v) is 2.13. The quantitative estimate of drug-likeness (QED) is 0.672. The van der Waals surface area contributed by atoms with Crippen molar-refractivity contribution in [3.63, 3.8) is 0 Å². The number of nitrogens with zero attached hydrogens (tertiary/aromatic N) is 2. The molecule has 0 aliphatic carbocycles. The topological polar surface area (TPSA) is 34.9 Å². The second kappa shape index (κ2) is 4.52. The first-order chi connectivity index (χ1) is 9.56. The minimum absolute atomic E-state index is 0.144. The zero-order valence-electron chi connectivity index (χ0n) is 10.6. The molecule has 5 heteroatoms. The molecule has 0 atom stereocenters. The first-order valence-electron chi connectivity index (χ1n) is 5.98. The summed E-state index contributed by atoms with van der Waals surface area (Å²) in [6.45, 7) is 0. The van der Waals surface area contributed by atoms with E-state index in [0.29, 0.717) is 11.6 Å². The third kappa shape index (κ3) is 1.97. The Labute approximate surface area is 113 Å². The van der Waals surface area contributed by atoms with Gasteiger partial charge < -0.3 is 0 Å². The molecule has 0 unspecified atom stereocenters. The van der Waals surface area contributed by atoms with Gasteiger partial charge in [0.2, 0.25) is 0 Å². The third-order valence-corrected chi connectivity index (χ3v) is 3.18. The van der Waals surface area contributed by atoms with Crippen molar-refractivity contribution in [1.29, 1.82) is 0 Å². The van der Waals surface area contributed by atoms with Crippen LogP contribution in [0.5, 0.6) is 0 Å². The standard InChI is InChI=1S/C15H10F2N2O/c1-19-14-5-2-9(6-10(14)8-18-19)15(20)12-4-3-11(16)7-13(12)17/h2-8H,1H3. The average molecular weight is 272 g/mol. The van der Waals surface area contributed by atoms with Crippen LogP contribution in [-0.2, 0) is 7.05 Å². The molecule has 0 aliphatic rings. The molecule has 1 aromatic heterocycles. The molecular formula is C15H10F2N2O. The van der Waals surface area contributed by atoms with Gasteiger partial charge in [0.15, 0.2) is 5.78 Å². The minimum Gasteiger partial charge on any atom is -0.288 e. The summed E-state index contributed by atoms with van der Waals surface area (Å²) in [6, 6.07) is 7.93. The molecule has 1 heterocycles. The third-order valence-electron chi connectivity index (χ3n) is 3.18. The summed E-state index contributed by atoms with van der Waals surface area (Å²) in [5.74, 6) is -2.05. The predicted molar refractivity (Wildman–Crippen MR) is 70.5 cm³/mol. The number of hydrogen-bond donors (Lipinski definition) is 0. The number of fused-ring (bicyclic) bond motifs is 1. The van der Waals surface area contributed by atoms with Crippen LogP contribution in [0.4, 0.5) is 8.78 Å². The lowest BCUT2D eigenvalue weighted by molar-refractivity contribution is 0.103. The molecule has 20 heavy (non-hydrogen) atoms. The summed E-state index contributed by atoms with van der Waals surface area (Å²) < 4.78 is 28.2. The lowest BCUT2D eigenvalue weighted by atomic mass is 10.0. The van der Waals surface area contributed by atoms with Gasteiger partial charge in [-0.3, -0.25) is 9.48 Å². The fraction of sp³-hybridized carbons (Fsp3) is 0.0667. The second-order valence-electron chi connectivity index (χ2n) is 4.50. The van der Waals surface area contributed by atoms with Crippen molar-refractivity contribution in [1.82, 2.24) is 9.78 Å². The highest BCUT2D eigenvalue weighted by Crippen LogP contribution is 2.19. The molecule has 0 spiro atoms. The number of halogens is 2. The summed E-state index contributed by atoms with van der Waals surface area (Å²) in [7, 11) is 1.80. The average Bonchev–Trinajstić information content (AvgIpc) is 2.79. The van der Waals surface area contributed by atoms with Crippen molar-refractivity contribution in [2.45, 2.75) is 0 Å². The molecule has 3 rings (SSSR count). The zero-order valence-corrected chi connectivity index (χ0v) is 10.6. The Morgan fingerprint density at radius 2 is 1.95 bits per heavy atom. The van der Waals surface area contributed by atoms with E-state index in [1.807, 2.05) is 0 Å². The molecule has 0 aliphatic heterocycles. The molecular weight excluding hydrogens is 262 g/mol. The van der Waals surface area contributed by atoms with Gasteiger partial charge in [-0.15, -0.1) is 0 Å². The Morgan fingerprint density at radius 3 is 2.70 bits per heavy atom. The molecule has 2 aromatic carbocycles. The lowest BCUT2D eigenvalue weighted by Crippen LogP contribution is -2.04. The van der Waals surface area contributed by atoms with Gasteiger partial charge in [-0.25, -0.2) is 8.78 Å². The number of hydrogen-bond acceptors (Lipinski definition) is 2. The highest BCUT2D eigenvalue weighted by Gasteiger charge is 2.15. The van der Waals surface area contributed by atoms with Crippen molar-refractivity contribution in [2.75, 3.05) is 0 Å². The van der Waals surface area contributed by atoms with Crippen LogP contribution in [0.25, 0.3) is 10.9 Å². The smallest absolute Gasteiger partial charge is 0.195 e. The van der Waals surface area contributed by atoms with Crippen molar-refractivity contribution in [3.05, 3.63) is 65.4 Å². The van der Waals surface area contributed by atoms with Gasteiger partial charge in [0.05, 0.1) is 17.3 Å². The number of ketones is 1. The highest BCUT2D eigenvalue weighted by atomic mass is 19.1. The van der Waals surface area contributed by atoms with Crippen LogP contribution in [0.3, 0.4) is 0 Å². The number of aryl methyl sites for hydroxylation is 1. The zero-order chi connectivity index (χ0) is 14.3. The van der Waals surface area contributed by atoms with Gasteiger partial charge in [-0.05, 0) is 30.3 Å². The molecule has 0 bridgehead atoms. The Morgan fingerprint density at radius 1 is 1.15 bits per heavy atom. The van der Waals surface area contributed by atoms with E-state index in [4.69, 9.17) is 0 Å². The van der Waals surface area contributed by atoms with E-state index in [1.165, 1.54) is 0 Å². The maximum absolute atomic E-state index is 13.6. The Kier molecular flexibility index (Phi) is 2.82. The van der Waals surface area contributed by atoms with E-state index >= 15 is 0 Å². The van der Waals surface area contributed by atoms with Crippen molar-refractivity contribution in [3.8, 4) is 0 Å². The van der Waals surface area contributed by atoms with Crippen LogP contribution in [0.15, 0.2) is 42.6 Å². The molecule has 0 N–H and O–H groups in total. The van der Waals surface area contributed by atoms with Crippen molar-refractivity contribution in [2.24, 2.45) is 7.05 Å². The van der Waals surface area contributed by atoms with E-state index in [1.54, 1.807) is 36.1 Å². The number of rotatable bonds is 2. The molecule has 0 radical (unpaired) electrons. The second-order valence-corrected chi connectivity index (χ2v) is 4.50. The molecule has 0 amide bonds. The number of carbonyl (C=O) groups excluding carboxylic acids is 1. The van der Waals surface area contributed by atoms with E-state index in [2.05, 4.69) is 5.10 Å². The van der Waals surface area contributed by atoms with Crippen LogP contribution < -0.4 is 0 Å². The van der Waals surface area contributed by atoms with Gasteiger partial charge in [-0.2, -0.15) is 5.10 Å². The Balaban J connectivity index is 2.07. The summed E-state index contributed by atoms with van der Waals surface area (Å²) in [4.78, 5) is 12.2. The minimum atomic E-state index is -0.860. The van der Waals surface area contributed by atoms with Crippen LogP contribution in [-0.4, -0.2) is 15.6 Å². The maximum atomic E-state index is 13.6. The molecule has 3 aromatic rings. The SMILES string of the molecule is Cn1ncc2cc(C(=O)c3ccc(F)cc3F)ccc21. The first-order valence-corrected chi connectivity index (χ1v) is 5.98. The summed E-state index contributed by atoms with van der Waals surface area (Å²) in [5, 5.41) is 4.87. The number of benzene rings is 2. The molecule has 100 valence electrons. The highest BCUT2D eigenvalue weighted by molar-refractivity contribution is 6.10. The lowest BCUT2D eigenvalue weighted by Gasteiger charge is -2.03. The van der Waals surface area contributed by atoms with Crippen LogP contribution in [0.2, 0.25) is 0 Å². The fourth-order valence-electron chi connectivity index (χ4n) is 2.13. The molecule has 3 nitrogen and oxygen atoms in total. The van der Waals surface area contributed by atoms with E-state index in [9.17, 15) is 13.6 Å². The summed E-state index contributed by atoms with van der Waals surface area (Å²) in [6.07, 6.45) is 1.63. The number of aromatic nitrogens is 2. The normalized spacial score (nSPS) is 10.9. The number of carbonyl (C=O) groups is 1. The van der Waals surface area contributed by atoms with Crippen molar-refractivity contribution >= 4 is 16.7 Å². The van der Waals surface area contributed by atoms with E-state index < -0.39 is 17.4 Å². The molecule has 0 saturated heterocycles. The monoisotopic (exact) mass is 272 g/mol.